The van der Waals surface area contributed by atoms with Gasteiger partial charge in [0, 0.05) is 5.41 Å². The second-order valence-corrected chi connectivity index (χ2v) is 12.5. The van der Waals surface area contributed by atoms with E-state index in [0.717, 1.165) is 6.42 Å². The zero-order valence-electron chi connectivity index (χ0n) is 13.8. The van der Waals surface area contributed by atoms with Crippen LogP contribution in [-0.2, 0) is 5.41 Å². The van der Waals surface area contributed by atoms with E-state index in [-0.39, 0.29) is 6.84 Å². The monoisotopic (exact) mass is 548 g/mol. The summed E-state index contributed by atoms with van der Waals surface area (Å²) in [4.78, 5) is 0. The highest BCUT2D eigenvalue weighted by atomic mass is 127. The SMILES string of the molecule is CC1CC(C)C(I)(I)C(c2ccc(O)cc2)(c2ccc(O)cc2)C1. The molecule has 2 unspecified atom stereocenters. The molecule has 0 heterocycles. The molecule has 0 aliphatic heterocycles. The number of hydrogen-bond acceptors (Lipinski definition) is 2. The van der Waals surface area contributed by atoms with Crippen LogP contribution in [0.5, 0.6) is 11.5 Å². The molecular formula is C20H22I2O2. The van der Waals surface area contributed by atoms with Gasteiger partial charge in [0.15, 0.2) is 0 Å². The van der Waals surface area contributed by atoms with Crippen LogP contribution in [0.1, 0.15) is 37.8 Å². The molecule has 4 heteroatoms. The normalized spacial score (nSPS) is 25.3. The van der Waals surface area contributed by atoms with Gasteiger partial charge in [0.05, 0.1) is 1.43 Å². The Labute approximate surface area is 171 Å². The van der Waals surface area contributed by atoms with Gasteiger partial charge >= 0.3 is 0 Å². The van der Waals surface area contributed by atoms with Crippen LogP contribution in [0.2, 0.25) is 0 Å². The van der Waals surface area contributed by atoms with Gasteiger partial charge in [0.1, 0.15) is 11.5 Å². The van der Waals surface area contributed by atoms with E-state index in [9.17, 15) is 10.2 Å². The van der Waals surface area contributed by atoms with E-state index < -0.39 is 0 Å². The largest absolute Gasteiger partial charge is 0.508 e. The average molecular weight is 548 g/mol. The van der Waals surface area contributed by atoms with Crippen LogP contribution in [0.4, 0.5) is 0 Å². The molecule has 0 amide bonds. The maximum Gasteiger partial charge on any atom is 0.115 e. The predicted molar refractivity (Wildman–Crippen MR) is 115 cm³/mol. The molecule has 0 radical (unpaired) electrons. The summed E-state index contributed by atoms with van der Waals surface area (Å²) in [6.07, 6.45) is 2.27. The summed E-state index contributed by atoms with van der Waals surface area (Å²) < 4.78 is 0.00295. The van der Waals surface area contributed by atoms with Crippen molar-refractivity contribution in [2.75, 3.05) is 0 Å². The first-order valence-electron chi connectivity index (χ1n) is 8.24. The lowest BCUT2D eigenvalue weighted by Crippen LogP contribution is -2.52. The lowest BCUT2D eigenvalue weighted by Gasteiger charge is -2.53. The Hall–Kier alpha value is -0.500. The number of benzene rings is 2. The van der Waals surface area contributed by atoms with Crippen molar-refractivity contribution < 1.29 is 10.2 Å². The standard InChI is InChI=1S/C20H22I2O2/c1-13-11-14(2)20(21,22)19(12-13,15-3-7-17(23)8-4-15)16-5-9-18(24)10-6-16/h3-10,13-14,23-24H,11-12H2,1-2H3. The van der Waals surface area contributed by atoms with Crippen molar-refractivity contribution in [3.8, 4) is 11.5 Å². The highest BCUT2D eigenvalue weighted by molar-refractivity contribution is 14.2. The first-order chi connectivity index (χ1) is 11.3. The van der Waals surface area contributed by atoms with E-state index in [1.54, 1.807) is 24.3 Å². The molecule has 0 saturated heterocycles. The molecule has 0 aromatic heterocycles. The molecule has 128 valence electrons. The van der Waals surface area contributed by atoms with Crippen LogP contribution in [0.15, 0.2) is 48.5 Å². The number of hydrogen-bond donors (Lipinski definition) is 2. The molecule has 2 N–H and O–H groups in total. The summed E-state index contributed by atoms with van der Waals surface area (Å²) in [6.45, 7) is 4.67. The molecule has 1 aliphatic rings. The third-order valence-corrected chi connectivity index (χ3v) is 9.29. The molecule has 1 saturated carbocycles. The number of alkyl halides is 2. The molecule has 2 atom stereocenters. The van der Waals surface area contributed by atoms with Gasteiger partial charge in [-0.05, 0) is 60.1 Å². The van der Waals surface area contributed by atoms with Crippen LogP contribution in [0.25, 0.3) is 0 Å². The lowest BCUT2D eigenvalue weighted by atomic mass is 9.60. The van der Waals surface area contributed by atoms with Crippen LogP contribution in [0.3, 0.4) is 0 Å². The van der Waals surface area contributed by atoms with E-state index >= 15 is 0 Å². The first-order valence-corrected chi connectivity index (χ1v) is 10.4. The third-order valence-electron chi connectivity index (χ3n) is 5.32. The topological polar surface area (TPSA) is 40.5 Å². The van der Waals surface area contributed by atoms with Crippen LogP contribution in [0, 0.1) is 11.8 Å². The third kappa shape index (κ3) is 2.93. The van der Waals surface area contributed by atoms with E-state index in [4.69, 9.17) is 0 Å². The zero-order chi connectivity index (χ0) is 17.5. The molecule has 1 aliphatic carbocycles. The van der Waals surface area contributed by atoms with Crippen molar-refractivity contribution in [1.29, 1.82) is 0 Å². The van der Waals surface area contributed by atoms with Gasteiger partial charge in [0.2, 0.25) is 0 Å². The van der Waals surface area contributed by atoms with Gasteiger partial charge in [-0.25, -0.2) is 0 Å². The quantitative estimate of drug-likeness (QED) is 0.357. The smallest absolute Gasteiger partial charge is 0.115 e. The van der Waals surface area contributed by atoms with Crippen molar-refractivity contribution in [3.05, 3.63) is 59.7 Å². The van der Waals surface area contributed by atoms with Crippen molar-refractivity contribution in [2.45, 2.75) is 33.5 Å². The highest BCUT2D eigenvalue weighted by Gasteiger charge is 2.56. The Bertz CT molecular complexity index is 662. The van der Waals surface area contributed by atoms with Crippen LogP contribution in [-0.4, -0.2) is 11.6 Å². The number of halogens is 2. The number of phenols is 2. The summed E-state index contributed by atoms with van der Waals surface area (Å²) in [7, 11) is 0. The summed E-state index contributed by atoms with van der Waals surface area (Å²) in [5.41, 5.74) is 2.30. The Morgan fingerprint density at radius 3 is 1.67 bits per heavy atom. The van der Waals surface area contributed by atoms with Crippen LogP contribution < -0.4 is 0 Å². The lowest BCUT2D eigenvalue weighted by molar-refractivity contribution is 0.221. The Morgan fingerprint density at radius 1 is 0.833 bits per heavy atom. The minimum Gasteiger partial charge on any atom is -0.508 e. The van der Waals surface area contributed by atoms with E-state index in [2.05, 4.69) is 83.3 Å². The fourth-order valence-electron chi connectivity index (χ4n) is 4.19. The summed E-state index contributed by atoms with van der Waals surface area (Å²) >= 11 is 5.26. The second-order valence-electron chi connectivity index (χ2n) is 7.07. The fourth-order valence-corrected chi connectivity index (χ4v) is 6.39. The number of aromatic hydroxyl groups is 2. The minimum atomic E-state index is -0.160. The molecule has 24 heavy (non-hydrogen) atoms. The van der Waals surface area contributed by atoms with Gasteiger partial charge in [-0.1, -0.05) is 83.3 Å². The highest BCUT2D eigenvalue weighted by Crippen LogP contribution is 2.62. The van der Waals surface area contributed by atoms with E-state index in [0.29, 0.717) is 23.3 Å². The first kappa shape index (κ1) is 18.3. The van der Waals surface area contributed by atoms with Crippen molar-refractivity contribution in [1.82, 2.24) is 0 Å². The predicted octanol–water partition coefficient (Wildman–Crippen LogP) is 6.02. The minimum absolute atomic E-state index is 0.00295. The van der Waals surface area contributed by atoms with Gasteiger partial charge < -0.3 is 10.2 Å². The van der Waals surface area contributed by atoms with Gasteiger partial charge in [-0.3, -0.25) is 0 Å². The van der Waals surface area contributed by atoms with Crippen molar-refractivity contribution in [2.24, 2.45) is 11.8 Å². The molecule has 0 bridgehead atoms. The van der Waals surface area contributed by atoms with Gasteiger partial charge in [-0.2, -0.15) is 0 Å². The average Bonchev–Trinajstić information content (AvgIpc) is 2.53. The Balaban J connectivity index is 2.27. The maximum absolute atomic E-state index is 9.74. The molecule has 1 fully saturated rings. The summed E-state index contributed by atoms with van der Waals surface area (Å²) in [6, 6.07) is 15.3. The van der Waals surface area contributed by atoms with Gasteiger partial charge in [-0.15, -0.1) is 0 Å². The van der Waals surface area contributed by atoms with Gasteiger partial charge in [0.25, 0.3) is 0 Å². The van der Waals surface area contributed by atoms with Crippen molar-refractivity contribution in [3.63, 3.8) is 0 Å². The summed E-state index contributed by atoms with van der Waals surface area (Å²) in [5.74, 6) is 1.75. The molecule has 2 nitrogen and oxygen atoms in total. The molecular weight excluding hydrogens is 526 g/mol. The molecule has 3 rings (SSSR count). The Kier molecular flexibility index (Phi) is 5.08. The van der Waals surface area contributed by atoms with E-state index in [1.165, 1.54) is 17.5 Å². The molecule has 0 spiro atoms. The number of phenolic OH excluding ortho intramolecular Hbond substituents is 2. The number of rotatable bonds is 2. The van der Waals surface area contributed by atoms with E-state index in [1.807, 2.05) is 0 Å². The molecule has 2 aromatic rings. The summed E-state index contributed by atoms with van der Waals surface area (Å²) in [5, 5.41) is 19.5. The fraction of sp³-hybridized carbons (Fsp3) is 0.400. The Morgan fingerprint density at radius 2 is 1.25 bits per heavy atom. The maximum atomic E-state index is 9.74. The second kappa shape index (κ2) is 6.67. The zero-order valence-corrected chi connectivity index (χ0v) is 18.2. The van der Waals surface area contributed by atoms with Crippen molar-refractivity contribution >= 4 is 45.2 Å². The van der Waals surface area contributed by atoms with Crippen LogP contribution >= 0.6 is 45.2 Å². The molecule has 2 aromatic carbocycles.